The van der Waals surface area contributed by atoms with E-state index in [9.17, 15) is 0 Å². The molecule has 0 unspecified atom stereocenters. The second-order valence-electron chi connectivity index (χ2n) is 2.46. The van der Waals surface area contributed by atoms with E-state index in [-0.39, 0.29) is 0 Å². The van der Waals surface area contributed by atoms with Crippen LogP contribution in [0.1, 0.15) is 27.2 Å². The Morgan fingerprint density at radius 1 is 1.55 bits per heavy atom. The molecule has 0 aliphatic heterocycles. The van der Waals surface area contributed by atoms with Crippen LogP contribution in [0.5, 0.6) is 0 Å². The monoisotopic (exact) mass is 170 g/mol. The lowest BCUT2D eigenvalue weighted by Gasteiger charge is -2.03. The van der Waals surface area contributed by atoms with Crippen LogP contribution >= 0.6 is 11.6 Å². The SMILES string of the molecule is C=C(C)C(CC)=C(Cl)C=CC. The van der Waals surface area contributed by atoms with Crippen LogP contribution in [0, 0.1) is 0 Å². The lowest BCUT2D eigenvalue weighted by atomic mass is 10.1. The summed E-state index contributed by atoms with van der Waals surface area (Å²) in [7, 11) is 0. The molecule has 11 heavy (non-hydrogen) atoms. The van der Waals surface area contributed by atoms with Gasteiger partial charge in [0.25, 0.3) is 0 Å². The molecule has 0 radical (unpaired) electrons. The first kappa shape index (κ1) is 10.5. The van der Waals surface area contributed by atoms with E-state index in [0.29, 0.717) is 0 Å². The van der Waals surface area contributed by atoms with E-state index >= 15 is 0 Å². The second-order valence-corrected chi connectivity index (χ2v) is 2.87. The zero-order valence-corrected chi connectivity index (χ0v) is 8.20. The van der Waals surface area contributed by atoms with Gasteiger partial charge < -0.3 is 0 Å². The number of halogens is 1. The molecule has 0 aliphatic rings. The minimum Gasteiger partial charge on any atom is -0.0958 e. The normalized spacial score (nSPS) is 13.5. The van der Waals surface area contributed by atoms with Crippen molar-refractivity contribution in [3.8, 4) is 0 Å². The predicted molar refractivity (Wildman–Crippen MR) is 52.8 cm³/mol. The lowest BCUT2D eigenvalue weighted by Crippen LogP contribution is -1.84. The molecule has 0 spiro atoms. The van der Waals surface area contributed by atoms with Gasteiger partial charge in [-0.3, -0.25) is 0 Å². The van der Waals surface area contributed by atoms with Crippen molar-refractivity contribution in [3.05, 3.63) is 34.9 Å². The first-order valence-electron chi connectivity index (χ1n) is 3.80. The van der Waals surface area contributed by atoms with Crippen molar-refractivity contribution in [2.75, 3.05) is 0 Å². The van der Waals surface area contributed by atoms with Gasteiger partial charge in [0.2, 0.25) is 0 Å². The molecule has 0 aromatic carbocycles. The smallest absolute Gasteiger partial charge is 0.0437 e. The van der Waals surface area contributed by atoms with Crippen molar-refractivity contribution < 1.29 is 0 Å². The molecule has 0 rings (SSSR count). The molecule has 0 N–H and O–H groups in total. The fraction of sp³-hybridized carbons (Fsp3) is 0.400. The molecule has 0 amide bonds. The Hall–Kier alpha value is -0.490. The average Bonchev–Trinajstić information content (AvgIpc) is 1.88. The molecule has 62 valence electrons. The van der Waals surface area contributed by atoms with Crippen LogP contribution in [0.3, 0.4) is 0 Å². The predicted octanol–water partition coefficient (Wildman–Crippen LogP) is 4.04. The summed E-state index contributed by atoms with van der Waals surface area (Å²) in [5, 5.41) is 0.808. The van der Waals surface area contributed by atoms with Gasteiger partial charge in [0.15, 0.2) is 0 Å². The van der Waals surface area contributed by atoms with Gasteiger partial charge in [0, 0.05) is 5.03 Å². The molecular formula is C10H15Cl. The summed E-state index contributed by atoms with van der Waals surface area (Å²) in [6.07, 6.45) is 4.77. The molecule has 0 fully saturated rings. The van der Waals surface area contributed by atoms with Gasteiger partial charge in [0.1, 0.15) is 0 Å². The van der Waals surface area contributed by atoms with Crippen LogP contribution in [0.15, 0.2) is 34.9 Å². The minimum atomic E-state index is 0.808. The second kappa shape index (κ2) is 5.20. The number of hydrogen-bond acceptors (Lipinski definition) is 0. The number of allylic oxidation sites excluding steroid dienone is 5. The maximum Gasteiger partial charge on any atom is 0.0437 e. The average molecular weight is 171 g/mol. The van der Waals surface area contributed by atoms with Gasteiger partial charge in [-0.2, -0.15) is 0 Å². The first-order valence-corrected chi connectivity index (χ1v) is 4.18. The molecule has 0 aromatic rings. The van der Waals surface area contributed by atoms with Gasteiger partial charge in [0.05, 0.1) is 0 Å². The molecular weight excluding hydrogens is 156 g/mol. The van der Waals surface area contributed by atoms with E-state index in [1.54, 1.807) is 0 Å². The fourth-order valence-corrected chi connectivity index (χ4v) is 1.34. The summed E-state index contributed by atoms with van der Waals surface area (Å²) >= 11 is 5.97. The number of hydrogen-bond donors (Lipinski definition) is 0. The van der Waals surface area contributed by atoms with Crippen molar-refractivity contribution in [2.24, 2.45) is 0 Å². The van der Waals surface area contributed by atoms with Crippen molar-refractivity contribution in [2.45, 2.75) is 27.2 Å². The topological polar surface area (TPSA) is 0 Å². The van der Waals surface area contributed by atoms with Crippen LogP contribution in [-0.4, -0.2) is 0 Å². The summed E-state index contributed by atoms with van der Waals surface area (Å²) < 4.78 is 0. The van der Waals surface area contributed by atoms with E-state index in [2.05, 4.69) is 13.5 Å². The molecule has 0 aliphatic carbocycles. The van der Waals surface area contributed by atoms with Gasteiger partial charge in [-0.05, 0) is 31.9 Å². The highest BCUT2D eigenvalue weighted by Gasteiger charge is 1.98. The van der Waals surface area contributed by atoms with Crippen molar-refractivity contribution in [1.29, 1.82) is 0 Å². The quantitative estimate of drug-likeness (QED) is 0.561. The third kappa shape index (κ3) is 3.43. The standard InChI is InChI=1S/C10H15Cl/c1-5-7-10(11)9(6-2)8(3)4/h5,7H,3,6H2,1-2,4H3. The third-order valence-corrected chi connectivity index (χ3v) is 1.82. The Kier molecular flexibility index (Phi) is 4.97. The van der Waals surface area contributed by atoms with Gasteiger partial charge in [-0.1, -0.05) is 36.8 Å². The van der Waals surface area contributed by atoms with Crippen LogP contribution < -0.4 is 0 Å². The Morgan fingerprint density at radius 3 is 2.36 bits per heavy atom. The summed E-state index contributed by atoms with van der Waals surface area (Å²) in [6.45, 7) is 9.86. The van der Waals surface area contributed by atoms with E-state index < -0.39 is 0 Å². The minimum absolute atomic E-state index is 0.808. The highest BCUT2D eigenvalue weighted by molar-refractivity contribution is 6.31. The zero-order chi connectivity index (χ0) is 8.85. The van der Waals surface area contributed by atoms with Crippen molar-refractivity contribution in [1.82, 2.24) is 0 Å². The van der Waals surface area contributed by atoms with E-state index in [1.807, 2.05) is 26.0 Å². The van der Waals surface area contributed by atoms with Gasteiger partial charge >= 0.3 is 0 Å². The maximum absolute atomic E-state index is 5.97. The largest absolute Gasteiger partial charge is 0.0958 e. The Morgan fingerprint density at radius 2 is 2.09 bits per heavy atom. The molecule has 0 heterocycles. The van der Waals surface area contributed by atoms with Crippen LogP contribution in [0.25, 0.3) is 0 Å². The Labute approximate surface area is 74.3 Å². The Bertz CT molecular complexity index is 197. The summed E-state index contributed by atoms with van der Waals surface area (Å²) in [6, 6.07) is 0. The van der Waals surface area contributed by atoms with Crippen LogP contribution in [-0.2, 0) is 0 Å². The highest BCUT2D eigenvalue weighted by Crippen LogP contribution is 2.20. The Balaban J connectivity index is 4.67. The molecule has 0 aromatic heterocycles. The van der Waals surface area contributed by atoms with Gasteiger partial charge in [-0.15, -0.1) is 0 Å². The molecule has 0 nitrogen and oxygen atoms in total. The molecule has 0 saturated carbocycles. The van der Waals surface area contributed by atoms with E-state index in [1.165, 1.54) is 0 Å². The molecule has 0 bridgehead atoms. The fourth-order valence-electron chi connectivity index (χ4n) is 0.921. The lowest BCUT2D eigenvalue weighted by molar-refractivity contribution is 1.10. The van der Waals surface area contributed by atoms with Crippen LogP contribution in [0.2, 0.25) is 0 Å². The summed E-state index contributed by atoms with van der Waals surface area (Å²) in [5.74, 6) is 0. The third-order valence-electron chi connectivity index (χ3n) is 1.47. The maximum atomic E-state index is 5.97. The van der Waals surface area contributed by atoms with E-state index in [0.717, 1.165) is 22.6 Å². The van der Waals surface area contributed by atoms with E-state index in [4.69, 9.17) is 11.6 Å². The molecule has 0 saturated heterocycles. The number of rotatable bonds is 3. The molecule has 0 atom stereocenters. The summed E-state index contributed by atoms with van der Waals surface area (Å²) in [4.78, 5) is 0. The van der Waals surface area contributed by atoms with Crippen molar-refractivity contribution >= 4 is 11.6 Å². The van der Waals surface area contributed by atoms with Gasteiger partial charge in [-0.25, -0.2) is 0 Å². The zero-order valence-electron chi connectivity index (χ0n) is 7.45. The highest BCUT2D eigenvalue weighted by atomic mass is 35.5. The van der Waals surface area contributed by atoms with Crippen molar-refractivity contribution in [3.63, 3.8) is 0 Å². The molecule has 1 heteroatoms. The summed E-state index contributed by atoms with van der Waals surface area (Å²) in [5.41, 5.74) is 2.19. The first-order chi connectivity index (χ1) is 5.13. The van der Waals surface area contributed by atoms with Crippen LogP contribution in [0.4, 0.5) is 0 Å².